The van der Waals surface area contributed by atoms with Crippen LogP contribution < -0.4 is 10.5 Å². The molecule has 2 aromatic rings. The van der Waals surface area contributed by atoms with Crippen LogP contribution in [0.3, 0.4) is 0 Å². The van der Waals surface area contributed by atoms with Crippen molar-refractivity contribution in [1.29, 1.82) is 0 Å². The Bertz CT molecular complexity index is 476. The highest BCUT2D eigenvalue weighted by atomic mass is 79.9. The zero-order valence-corrected chi connectivity index (χ0v) is 11.1. The summed E-state index contributed by atoms with van der Waals surface area (Å²) >= 11 is 3.55. The average Bonchev–Trinajstić information content (AvgIpc) is 2.29. The van der Waals surface area contributed by atoms with E-state index in [1.54, 1.807) is 0 Å². The van der Waals surface area contributed by atoms with E-state index < -0.39 is 0 Å². The molecule has 0 aliphatic rings. The van der Waals surface area contributed by atoms with E-state index in [0.29, 0.717) is 13.2 Å². The maximum atomic E-state index is 5.52. The molecular weight excluding hydrogens is 289 g/mol. The summed E-state index contributed by atoms with van der Waals surface area (Å²) in [7, 11) is 0. The summed E-state index contributed by atoms with van der Waals surface area (Å²) in [5, 5.41) is 2.36. The first-order valence-electron chi connectivity index (χ1n) is 4.83. The van der Waals surface area contributed by atoms with Crippen LogP contribution in [0.4, 0.5) is 0 Å². The summed E-state index contributed by atoms with van der Waals surface area (Å²) in [5.41, 5.74) is 5.40. The molecular formula is C12H13BrClNO. The Morgan fingerprint density at radius 1 is 1.12 bits per heavy atom. The maximum Gasteiger partial charge on any atom is 0.134 e. The number of rotatable bonds is 3. The summed E-state index contributed by atoms with van der Waals surface area (Å²) in [5.74, 6) is 0.846. The zero-order chi connectivity index (χ0) is 10.7. The fraction of sp³-hybridized carbons (Fsp3) is 0.167. The third kappa shape index (κ3) is 2.67. The molecule has 0 fully saturated rings. The first-order valence-corrected chi connectivity index (χ1v) is 5.62. The van der Waals surface area contributed by atoms with E-state index in [2.05, 4.69) is 28.1 Å². The molecule has 2 rings (SSSR count). The molecule has 0 saturated heterocycles. The standard InChI is InChI=1S/C12H12BrNO.ClH/c13-12-10-4-2-1-3-9(10)5-6-11(12)15-8-7-14;/h1-6H,7-8,14H2;1H. The highest BCUT2D eigenvalue weighted by Crippen LogP contribution is 2.32. The van der Waals surface area contributed by atoms with E-state index in [1.807, 2.05) is 24.3 Å². The molecule has 0 atom stereocenters. The van der Waals surface area contributed by atoms with Gasteiger partial charge in [0.2, 0.25) is 0 Å². The summed E-state index contributed by atoms with van der Waals surface area (Å²) in [4.78, 5) is 0. The predicted molar refractivity (Wildman–Crippen MR) is 73.4 cm³/mol. The van der Waals surface area contributed by atoms with Crippen LogP contribution in [-0.2, 0) is 0 Å². The second-order valence-electron chi connectivity index (χ2n) is 3.24. The molecule has 2 aromatic carbocycles. The first-order chi connectivity index (χ1) is 7.33. The number of hydrogen-bond acceptors (Lipinski definition) is 2. The molecule has 86 valence electrons. The Morgan fingerprint density at radius 3 is 2.62 bits per heavy atom. The van der Waals surface area contributed by atoms with Crippen LogP contribution >= 0.6 is 28.3 Å². The van der Waals surface area contributed by atoms with Gasteiger partial charge in [-0.1, -0.05) is 30.3 Å². The molecule has 2 nitrogen and oxygen atoms in total. The molecule has 16 heavy (non-hydrogen) atoms. The van der Waals surface area contributed by atoms with Crippen LogP contribution in [0.2, 0.25) is 0 Å². The van der Waals surface area contributed by atoms with Gasteiger partial charge in [-0.05, 0) is 32.8 Å². The number of fused-ring (bicyclic) bond motifs is 1. The van der Waals surface area contributed by atoms with Crippen molar-refractivity contribution in [2.45, 2.75) is 0 Å². The van der Waals surface area contributed by atoms with Crippen LogP contribution in [0.25, 0.3) is 10.8 Å². The molecule has 0 saturated carbocycles. The Hall–Kier alpha value is -0.770. The van der Waals surface area contributed by atoms with E-state index in [9.17, 15) is 0 Å². The van der Waals surface area contributed by atoms with Gasteiger partial charge >= 0.3 is 0 Å². The largest absolute Gasteiger partial charge is 0.491 e. The van der Waals surface area contributed by atoms with Gasteiger partial charge in [0.05, 0.1) is 4.47 Å². The van der Waals surface area contributed by atoms with Gasteiger partial charge in [-0.15, -0.1) is 12.4 Å². The summed E-state index contributed by atoms with van der Waals surface area (Å²) < 4.78 is 6.52. The van der Waals surface area contributed by atoms with Crippen LogP contribution in [0.1, 0.15) is 0 Å². The Morgan fingerprint density at radius 2 is 1.88 bits per heavy atom. The Kier molecular flexibility index (Phi) is 5.06. The predicted octanol–water partition coefficient (Wildman–Crippen LogP) is 3.36. The topological polar surface area (TPSA) is 35.2 Å². The summed E-state index contributed by atoms with van der Waals surface area (Å²) in [6.45, 7) is 1.07. The van der Waals surface area contributed by atoms with Crippen molar-refractivity contribution in [1.82, 2.24) is 0 Å². The fourth-order valence-corrected chi connectivity index (χ4v) is 2.10. The van der Waals surface area contributed by atoms with Crippen molar-refractivity contribution in [3.05, 3.63) is 40.9 Å². The highest BCUT2D eigenvalue weighted by Gasteiger charge is 2.04. The van der Waals surface area contributed by atoms with Crippen molar-refractivity contribution in [3.63, 3.8) is 0 Å². The third-order valence-corrected chi connectivity index (χ3v) is 3.02. The van der Waals surface area contributed by atoms with Crippen LogP contribution in [-0.4, -0.2) is 13.2 Å². The molecule has 0 spiro atoms. The Balaban J connectivity index is 0.00000128. The molecule has 0 bridgehead atoms. The van der Waals surface area contributed by atoms with Gasteiger partial charge in [0.15, 0.2) is 0 Å². The number of halogens is 2. The molecule has 0 unspecified atom stereocenters. The minimum absolute atomic E-state index is 0. The van der Waals surface area contributed by atoms with Gasteiger partial charge < -0.3 is 10.5 Å². The van der Waals surface area contributed by atoms with Gasteiger partial charge in [-0.2, -0.15) is 0 Å². The normalized spacial score (nSPS) is 9.88. The second kappa shape index (κ2) is 6.09. The van der Waals surface area contributed by atoms with E-state index in [-0.39, 0.29) is 12.4 Å². The quantitative estimate of drug-likeness (QED) is 0.943. The van der Waals surface area contributed by atoms with Crippen LogP contribution in [0.5, 0.6) is 5.75 Å². The zero-order valence-electron chi connectivity index (χ0n) is 8.65. The molecule has 0 radical (unpaired) electrons. The highest BCUT2D eigenvalue weighted by molar-refractivity contribution is 9.10. The van der Waals surface area contributed by atoms with Crippen LogP contribution in [0, 0.1) is 0 Å². The molecule has 4 heteroatoms. The average molecular weight is 303 g/mol. The second-order valence-corrected chi connectivity index (χ2v) is 4.03. The van der Waals surface area contributed by atoms with E-state index in [1.165, 1.54) is 5.39 Å². The minimum Gasteiger partial charge on any atom is -0.491 e. The molecule has 0 amide bonds. The minimum atomic E-state index is 0. The van der Waals surface area contributed by atoms with Crippen molar-refractivity contribution >= 4 is 39.1 Å². The summed E-state index contributed by atoms with van der Waals surface area (Å²) in [6, 6.07) is 12.2. The Labute approximate surface area is 109 Å². The van der Waals surface area contributed by atoms with Crippen molar-refractivity contribution < 1.29 is 4.74 Å². The summed E-state index contributed by atoms with van der Waals surface area (Å²) in [6.07, 6.45) is 0. The lowest BCUT2D eigenvalue weighted by molar-refractivity contribution is 0.327. The van der Waals surface area contributed by atoms with Crippen molar-refractivity contribution in [3.8, 4) is 5.75 Å². The van der Waals surface area contributed by atoms with Gasteiger partial charge in [-0.3, -0.25) is 0 Å². The maximum absolute atomic E-state index is 5.52. The molecule has 0 aliphatic heterocycles. The van der Waals surface area contributed by atoms with Crippen molar-refractivity contribution in [2.24, 2.45) is 5.73 Å². The number of benzene rings is 2. The molecule has 2 N–H and O–H groups in total. The first kappa shape index (κ1) is 13.3. The molecule has 0 heterocycles. The van der Waals surface area contributed by atoms with Gasteiger partial charge in [-0.25, -0.2) is 0 Å². The fourth-order valence-electron chi connectivity index (χ4n) is 1.49. The lowest BCUT2D eigenvalue weighted by Gasteiger charge is -2.09. The number of ether oxygens (including phenoxy) is 1. The van der Waals surface area contributed by atoms with Gasteiger partial charge in [0.1, 0.15) is 12.4 Å². The third-order valence-electron chi connectivity index (χ3n) is 2.20. The van der Waals surface area contributed by atoms with E-state index >= 15 is 0 Å². The monoisotopic (exact) mass is 301 g/mol. The van der Waals surface area contributed by atoms with Crippen molar-refractivity contribution in [2.75, 3.05) is 13.2 Å². The SMILES string of the molecule is Cl.NCCOc1ccc2ccccc2c1Br. The number of hydrogen-bond donors (Lipinski definition) is 1. The van der Waals surface area contributed by atoms with Gasteiger partial charge in [0, 0.05) is 6.54 Å². The lowest BCUT2D eigenvalue weighted by Crippen LogP contribution is -2.10. The molecule has 0 aliphatic carbocycles. The molecule has 0 aromatic heterocycles. The van der Waals surface area contributed by atoms with Crippen LogP contribution in [0.15, 0.2) is 40.9 Å². The van der Waals surface area contributed by atoms with E-state index in [0.717, 1.165) is 15.6 Å². The van der Waals surface area contributed by atoms with E-state index in [4.69, 9.17) is 10.5 Å². The van der Waals surface area contributed by atoms with Gasteiger partial charge in [0.25, 0.3) is 0 Å². The smallest absolute Gasteiger partial charge is 0.134 e. The number of nitrogens with two attached hydrogens (primary N) is 1. The lowest BCUT2D eigenvalue weighted by atomic mass is 10.1.